The number of primary sulfonamides is 1. The maximum atomic E-state index is 11.3. The van der Waals surface area contributed by atoms with E-state index in [-0.39, 0.29) is 5.03 Å². The number of hydrogen-bond acceptors (Lipinski definition) is 4. The minimum absolute atomic E-state index is 0.0942. The smallest absolute Gasteiger partial charge is 0.257 e. The fraction of sp³-hybridized carbons (Fsp3) is 0.400. The number of imidazole rings is 1. The molecule has 0 atom stereocenters. The minimum atomic E-state index is -3.75. The number of nitrogens with two attached hydrogens (primary N) is 1. The fourth-order valence-corrected chi connectivity index (χ4v) is 2.24. The normalized spacial score (nSPS) is 11.9. The maximum absolute atomic E-state index is 11.3. The van der Waals surface area contributed by atoms with Crippen LogP contribution in [0.1, 0.15) is 18.3 Å². The minimum Gasteiger partial charge on any atom is -0.329 e. The van der Waals surface area contributed by atoms with E-state index in [9.17, 15) is 8.42 Å². The van der Waals surface area contributed by atoms with Crippen molar-refractivity contribution in [2.75, 3.05) is 0 Å². The lowest BCUT2D eigenvalue weighted by Gasteiger charge is -2.03. The van der Waals surface area contributed by atoms with Crippen LogP contribution in [0.5, 0.6) is 0 Å². The van der Waals surface area contributed by atoms with Gasteiger partial charge in [0.1, 0.15) is 5.82 Å². The average molecular weight is 269 g/mol. The second-order valence-corrected chi connectivity index (χ2v) is 5.55. The number of rotatable bonds is 4. The van der Waals surface area contributed by atoms with Crippen LogP contribution in [0.3, 0.4) is 0 Å². The zero-order chi connectivity index (χ0) is 13.3. The average Bonchev–Trinajstić information content (AvgIpc) is 2.85. The molecule has 2 N–H and O–H groups in total. The van der Waals surface area contributed by atoms with Crippen molar-refractivity contribution in [3.63, 3.8) is 0 Å². The summed E-state index contributed by atoms with van der Waals surface area (Å²) in [4.78, 5) is 4.03. The summed E-state index contributed by atoms with van der Waals surface area (Å²) >= 11 is 0. The Labute approximate surface area is 105 Å². The third-order valence-electron chi connectivity index (χ3n) is 2.56. The molecule has 0 saturated heterocycles. The summed E-state index contributed by atoms with van der Waals surface area (Å²) in [5.41, 5.74) is 0.977. The van der Waals surface area contributed by atoms with Gasteiger partial charge in [0, 0.05) is 31.4 Å². The molecular weight excluding hydrogens is 254 g/mol. The lowest BCUT2D eigenvalue weighted by atomic mass is 10.3. The van der Waals surface area contributed by atoms with Gasteiger partial charge in [-0.2, -0.15) is 5.10 Å². The molecule has 7 nitrogen and oxygen atoms in total. The third kappa shape index (κ3) is 2.59. The van der Waals surface area contributed by atoms with Crippen molar-refractivity contribution in [3.8, 4) is 0 Å². The van der Waals surface area contributed by atoms with Crippen molar-refractivity contribution in [1.82, 2.24) is 19.3 Å². The predicted octanol–water partition coefficient (Wildman–Crippen LogP) is -0.125. The Kier molecular flexibility index (Phi) is 3.22. The summed E-state index contributed by atoms with van der Waals surface area (Å²) in [5.74, 6) is 0.683. The van der Waals surface area contributed by atoms with Gasteiger partial charge < -0.3 is 4.57 Å². The summed E-state index contributed by atoms with van der Waals surface area (Å²) in [5, 5.41) is 9.04. The van der Waals surface area contributed by atoms with E-state index < -0.39 is 10.0 Å². The Bertz CT molecular complexity index is 656. The molecule has 0 saturated carbocycles. The van der Waals surface area contributed by atoms with Crippen LogP contribution in [0.25, 0.3) is 0 Å². The van der Waals surface area contributed by atoms with Crippen LogP contribution in [-0.2, 0) is 30.0 Å². The molecule has 0 bridgehead atoms. The number of hydrogen-bond donors (Lipinski definition) is 1. The summed E-state index contributed by atoms with van der Waals surface area (Å²) < 4.78 is 26.0. The van der Waals surface area contributed by atoms with Crippen molar-refractivity contribution >= 4 is 10.0 Å². The first kappa shape index (κ1) is 12.8. The highest BCUT2D eigenvalue weighted by molar-refractivity contribution is 7.89. The second-order valence-electron chi connectivity index (χ2n) is 4.04. The monoisotopic (exact) mass is 269 g/mol. The van der Waals surface area contributed by atoms with E-state index in [1.807, 2.05) is 20.2 Å². The Morgan fingerprint density at radius 1 is 1.39 bits per heavy atom. The topological polar surface area (TPSA) is 95.8 Å². The van der Waals surface area contributed by atoms with Gasteiger partial charge in [-0.25, -0.2) is 18.5 Å². The second kappa shape index (κ2) is 4.54. The van der Waals surface area contributed by atoms with Gasteiger partial charge in [0.25, 0.3) is 10.0 Å². The molecule has 98 valence electrons. The molecule has 0 aliphatic rings. The zero-order valence-electron chi connectivity index (χ0n) is 10.2. The van der Waals surface area contributed by atoms with Gasteiger partial charge in [-0.1, -0.05) is 6.92 Å². The van der Waals surface area contributed by atoms with E-state index in [0.717, 1.165) is 5.56 Å². The molecule has 8 heteroatoms. The third-order valence-corrected chi connectivity index (χ3v) is 3.34. The van der Waals surface area contributed by atoms with Gasteiger partial charge >= 0.3 is 0 Å². The number of sulfonamides is 1. The first-order valence-electron chi connectivity index (χ1n) is 5.46. The Morgan fingerprint density at radius 3 is 2.61 bits per heavy atom. The molecule has 0 amide bonds. The predicted molar refractivity (Wildman–Crippen MR) is 65.3 cm³/mol. The molecule has 2 rings (SSSR count). The van der Waals surface area contributed by atoms with Crippen LogP contribution in [0.15, 0.2) is 23.6 Å². The van der Waals surface area contributed by atoms with Gasteiger partial charge in [0.15, 0.2) is 5.03 Å². The molecule has 0 aliphatic carbocycles. The van der Waals surface area contributed by atoms with Gasteiger partial charge in [0.2, 0.25) is 0 Å². The first-order valence-corrected chi connectivity index (χ1v) is 7.01. The Morgan fingerprint density at radius 2 is 2.11 bits per heavy atom. The standard InChI is InChI=1S/C10H15N5O2S/c1-3-9-13-10(18(11,16)17)7-15(9)6-8-4-12-14(2)5-8/h4-5,7H,3,6H2,1-2H3,(H2,11,16,17). The van der Waals surface area contributed by atoms with Crippen LogP contribution in [0, 0.1) is 0 Å². The number of aromatic nitrogens is 4. The quantitative estimate of drug-likeness (QED) is 0.836. The highest BCUT2D eigenvalue weighted by Gasteiger charge is 2.15. The van der Waals surface area contributed by atoms with Crippen LogP contribution < -0.4 is 5.14 Å². The molecule has 18 heavy (non-hydrogen) atoms. The zero-order valence-corrected chi connectivity index (χ0v) is 11.1. The van der Waals surface area contributed by atoms with E-state index >= 15 is 0 Å². The van der Waals surface area contributed by atoms with Crippen molar-refractivity contribution < 1.29 is 8.42 Å². The largest absolute Gasteiger partial charge is 0.329 e. The van der Waals surface area contributed by atoms with Gasteiger partial charge in [-0.05, 0) is 0 Å². The molecule has 0 spiro atoms. The summed E-state index contributed by atoms with van der Waals surface area (Å²) in [6.07, 6.45) is 5.70. The SMILES string of the molecule is CCc1nc(S(N)(=O)=O)cn1Cc1cnn(C)c1. The van der Waals surface area contributed by atoms with Crippen molar-refractivity contribution in [2.45, 2.75) is 24.9 Å². The highest BCUT2D eigenvalue weighted by atomic mass is 32.2. The van der Waals surface area contributed by atoms with Crippen molar-refractivity contribution in [1.29, 1.82) is 0 Å². The Balaban J connectivity index is 2.35. The van der Waals surface area contributed by atoms with Crippen LogP contribution in [0.2, 0.25) is 0 Å². The molecule has 2 heterocycles. The van der Waals surface area contributed by atoms with E-state index in [1.54, 1.807) is 15.4 Å². The molecule has 0 fully saturated rings. The molecule has 0 radical (unpaired) electrons. The van der Waals surface area contributed by atoms with E-state index in [0.29, 0.717) is 18.8 Å². The van der Waals surface area contributed by atoms with E-state index in [2.05, 4.69) is 10.1 Å². The maximum Gasteiger partial charge on any atom is 0.257 e. The lowest BCUT2D eigenvalue weighted by Crippen LogP contribution is -2.12. The lowest BCUT2D eigenvalue weighted by molar-refractivity contribution is 0.594. The van der Waals surface area contributed by atoms with E-state index in [4.69, 9.17) is 5.14 Å². The fourth-order valence-electron chi connectivity index (χ4n) is 1.73. The van der Waals surface area contributed by atoms with Crippen LogP contribution >= 0.6 is 0 Å². The molecule has 0 aliphatic heterocycles. The molecule has 0 aromatic carbocycles. The Hall–Kier alpha value is -1.67. The molecule has 2 aromatic heterocycles. The van der Waals surface area contributed by atoms with Gasteiger partial charge in [0.05, 0.1) is 12.7 Å². The molecular formula is C10H15N5O2S. The highest BCUT2D eigenvalue weighted by Crippen LogP contribution is 2.11. The molecule has 2 aromatic rings. The van der Waals surface area contributed by atoms with Crippen molar-refractivity contribution in [2.24, 2.45) is 12.2 Å². The first-order chi connectivity index (χ1) is 8.40. The summed E-state index contributed by atoms with van der Waals surface area (Å²) in [6.45, 7) is 2.44. The number of aryl methyl sites for hydroxylation is 2. The van der Waals surface area contributed by atoms with Crippen LogP contribution in [0.4, 0.5) is 0 Å². The number of nitrogens with zero attached hydrogens (tertiary/aromatic N) is 4. The van der Waals surface area contributed by atoms with Crippen molar-refractivity contribution in [3.05, 3.63) is 30.0 Å². The van der Waals surface area contributed by atoms with E-state index in [1.165, 1.54) is 6.20 Å². The summed E-state index contributed by atoms with van der Waals surface area (Å²) in [7, 11) is -1.93. The molecule has 0 unspecified atom stereocenters. The summed E-state index contributed by atoms with van der Waals surface area (Å²) in [6, 6.07) is 0. The van der Waals surface area contributed by atoms with Gasteiger partial charge in [-0.3, -0.25) is 4.68 Å². The van der Waals surface area contributed by atoms with Gasteiger partial charge in [-0.15, -0.1) is 0 Å². The van der Waals surface area contributed by atoms with Crippen LogP contribution in [-0.4, -0.2) is 27.7 Å².